The molecule has 0 radical (unpaired) electrons. The zero-order chi connectivity index (χ0) is 14.7. The molecule has 0 aliphatic carbocycles. The Morgan fingerprint density at radius 3 is 2.19 bits per heavy atom. The molecule has 0 spiro atoms. The first-order valence-electron chi connectivity index (χ1n) is 6.69. The van der Waals surface area contributed by atoms with Crippen molar-refractivity contribution in [3.05, 3.63) is 60.2 Å². The van der Waals surface area contributed by atoms with E-state index in [1.54, 1.807) is 7.11 Å². The molecule has 2 aromatic carbocycles. The van der Waals surface area contributed by atoms with Crippen LogP contribution in [0.1, 0.15) is 5.56 Å². The number of hydrogen-bond acceptors (Lipinski definition) is 4. The highest BCUT2D eigenvalue weighted by atomic mass is 16.5. The fraction of sp³-hybridized carbons (Fsp3) is 0.118. The molecular formula is C17H15N3O. The van der Waals surface area contributed by atoms with Crippen LogP contribution in [0.15, 0.2) is 54.6 Å². The molecule has 21 heavy (non-hydrogen) atoms. The Labute approximate surface area is 123 Å². The predicted molar refractivity (Wildman–Crippen MR) is 82.0 cm³/mol. The molecule has 0 bridgehead atoms. The summed E-state index contributed by atoms with van der Waals surface area (Å²) in [5, 5.41) is 8.50. The molecule has 3 rings (SSSR count). The fourth-order valence-electron chi connectivity index (χ4n) is 2.06. The van der Waals surface area contributed by atoms with E-state index in [0.29, 0.717) is 17.4 Å². The molecule has 104 valence electrons. The number of ether oxygens (including phenoxy) is 1. The summed E-state index contributed by atoms with van der Waals surface area (Å²) in [5.74, 6) is 1.04. The normalized spacial score (nSPS) is 10.4. The van der Waals surface area contributed by atoms with Gasteiger partial charge in [-0.1, -0.05) is 60.2 Å². The van der Waals surface area contributed by atoms with Gasteiger partial charge in [0.1, 0.15) is 0 Å². The first-order valence-corrected chi connectivity index (χ1v) is 6.69. The first-order chi connectivity index (χ1) is 10.3. The van der Waals surface area contributed by atoms with E-state index in [0.717, 1.165) is 11.1 Å². The van der Waals surface area contributed by atoms with Gasteiger partial charge in [-0.2, -0.15) is 4.98 Å². The van der Waals surface area contributed by atoms with Crippen LogP contribution in [0.4, 0.5) is 0 Å². The van der Waals surface area contributed by atoms with Gasteiger partial charge in [-0.25, -0.2) is 0 Å². The van der Waals surface area contributed by atoms with Crippen LogP contribution in [0.5, 0.6) is 5.88 Å². The van der Waals surface area contributed by atoms with Gasteiger partial charge in [-0.15, -0.1) is 10.2 Å². The van der Waals surface area contributed by atoms with Gasteiger partial charge in [0.05, 0.1) is 7.11 Å². The van der Waals surface area contributed by atoms with Gasteiger partial charge in [0.25, 0.3) is 0 Å². The number of benzene rings is 2. The molecule has 0 saturated heterocycles. The summed E-state index contributed by atoms with van der Waals surface area (Å²) in [6.45, 7) is 2.05. The van der Waals surface area contributed by atoms with Gasteiger partial charge in [0.15, 0.2) is 11.5 Å². The first kappa shape index (κ1) is 13.2. The average molecular weight is 277 g/mol. The van der Waals surface area contributed by atoms with E-state index in [1.165, 1.54) is 5.56 Å². The van der Waals surface area contributed by atoms with Gasteiger partial charge in [0.2, 0.25) is 5.88 Å². The van der Waals surface area contributed by atoms with Crippen LogP contribution >= 0.6 is 0 Å². The van der Waals surface area contributed by atoms with Crippen molar-refractivity contribution in [2.24, 2.45) is 0 Å². The number of rotatable bonds is 3. The van der Waals surface area contributed by atoms with Crippen molar-refractivity contribution in [2.45, 2.75) is 6.92 Å². The summed E-state index contributed by atoms with van der Waals surface area (Å²) in [6, 6.07) is 17.8. The number of aryl methyl sites for hydroxylation is 1. The summed E-state index contributed by atoms with van der Waals surface area (Å²) in [4.78, 5) is 4.46. The minimum absolute atomic E-state index is 0.479. The number of hydrogen-bond donors (Lipinski definition) is 0. The maximum atomic E-state index is 5.38. The second kappa shape index (κ2) is 5.71. The zero-order valence-corrected chi connectivity index (χ0v) is 11.9. The molecule has 0 fully saturated rings. The summed E-state index contributed by atoms with van der Waals surface area (Å²) >= 11 is 0. The van der Waals surface area contributed by atoms with Crippen LogP contribution < -0.4 is 4.74 Å². The van der Waals surface area contributed by atoms with Crippen LogP contribution in [-0.2, 0) is 0 Å². The fourth-order valence-corrected chi connectivity index (χ4v) is 2.06. The molecule has 0 aliphatic heterocycles. The molecule has 0 saturated carbocycles. The Bertz CT molecular complexity index is 740. The van der Waals surface area contributed by atoms with E-state index >= 15 is 0 Å². The molecule has 1 heterocycles. The van der Waals surface area contributed by atoms with Crippen molar-refractivity contribution >= 4 is 0 Å². The minimum Gasteiger partial charge on any atom is -0.479 e. The van der Waals surface area contributed by atoms with Gasteiger partial charge in [0, 0.05) is 11.1 Å². The Balaban J connectivity index is 2.06. The van der Waals surface area contributed by atoms with E-state index in [-0.39, 0.29) is 0 Å². The Morgan fingerprint density at radius 2 is 1.52 bits per heavy atom. The smallest absolute Gasteiger partial charge is 0.244 e. The molecule has 4 nitrogen and oxygen atoms in total. The monoisotopic (exact) mass is 277 g/mol. The van der Waals surface area contributed by atoms with Crippen LogP contribution in [-0.4, -0.2) is 22.3 Å². The lowest BCUT2D eigenvalue weighted by Gasteiger charge is -2.08. The zero-order valence-electron chi connectivity index (χ0n) is 11.9. The number of methoxy groups -OCH3 is 1. The van der Waals surface area contributed by atoms with Crippen molar-refractivity contribution in [1.82, 2.24) is 15.2 Å². The quantitative estimate of drug-likeness (QED) is 0.735. The van der Waals surface area contributed by atoms with Gasteiger partial charge >= 0.3 is 0 Å². The molecule has 3 aromatic rings. The number of aromatic nitrogens is 3. The summed E-state index contributed by atoms with van der Waals surface area (Å²) in [7, 11) is 1.59. The highest BCUT2D eigenvalue weighted by Gasteiger charge is 2.12. The third-order valence-electron chi connectivity index (χ3n) is 3.21. The van der Waals surface area contributed by atoms with Crippen molar-refractivity contribution in [1.29, 1.82) is 0 Å². The van der Waals surface area contributed by atoms with E-state index < -0.39 is 0 Å². The predicted octanol–water partition coefficient (Wildman–Crippen LogP) is 3.52. The molecular weight excluding hydrogens is 262 g/mol. The summed E-state index contributed by atoms with van der Waals surface area (Å²) in [6.07, 6.45) is 0. The summed E-state index contributed by atoms with van der Waals surface area (Å²) in [5.41, 5.74) is 3.70. The lowest BCUT2D eigenvalue weighted by atomic mass is 10.1. The number of nitrogens with zero attached hydrogens (tertiary/aromatic N) is 3. The molecule has 0 unspecified atom stereocenters. The molecule has 0 amide bonds. The average Bonchev–Trinajstić information content (AvgIpc) is 2.56. The highest BCUT2D eigenvalue weighted by molar-refractivity contribution is 5.66. The standard InChI is InChI=1S/C17H15N3O/c1-12-8-10-13(11-9-12)15-17(21-2)18-16(20-19-15)14-6-4-3-5-7-14/h3-11H,1-2H3. The third-order valence-corrected chi connectivity index (χ3v) is 3.21. The SMILES string of the molecule is COc1nc(-c2ccccc2)nnc1-c1ccc(C)cc1. The second-order valence-corrected chi connectivity index (χ2v) is 4.73. The molecule has 0 N–H and O–H groups in total. The van der Waals surface area contributed by atoms with Crippen LogP contribution in [0, 0.1) is 6.92 Å². The lowest BCUT2D eigenvalue weighted by Crippen LogP contribution is -2.00. The molecule has 1 aromatic heterocycles. The van der Waals surface area contributed by atoms with Crippen LogP contribution in [0.3, 0.4) is 0 Å². The Morgan fingerprint density at radius 1 is 0.810 bits per heavy atom. The highest BCUT2D eigenvalue weighted by Crippen LogP contribution is 2.27. The lowest BCUT2D eigenvalue weighted by molar-refractivity contribution is 0.396. The third kappa shape index (κ3) is 2.74. The van der Waals surface area contributed by atoms with E-state index in [2.05, 4.69) is 15.2 Å². The van der Waals surface area contributed by atoms with Gasteiger partial charge in [-0.05, 0) is 6.92 Å². The molecule has 4 heteroatoms. The van der Waals surface area contributed by atoms with E-state index in [1.807, 2.05) is 61.5 Å². The van der Waals surface area contributed by atoms with Crippen molar-refractivity contribution in [3.63, 3.8) is 0 Å². The molecule has 0 aliphatic rings. The topological polar surface area (TPSA) is 47.9 Å². The van der Waals surface area contributed by atoms with E-state index in [9.17, 15) is 0 Å². The second-order valence-electron chi connectivity index (χ2n) is 4.73. The Kier molecular flexibility index (Phi) is 3.60. The maximum Gasteiger partial charge on any atom is 0.244 e. The van der Waals surface area contributed by atoms with Crippen molar-refractivity contribution in [3.8, 4) is 28.5 Å². The van der Waals surface area contributed by atoms with Gasteiger partial charge < -0.3 is 4.74 Å². The van der Waals surface area contributed by atoms with Crippen LogP contribution in [0.2, 0.25) is 0 Å². The molecule has 0 atom stereocenters. The maximum absolute atomic E-state index is 5.38. The van der Waals surface area contributed by atoms with Crippen LogP contribution in [0.25, 0.3) is 22.6 Å². The minimum atomic E-state index is 0.479. The van der Waals surface area contributed by atoms with Gasteiger partial charge in [-0.3, -0.25) is 0 Å². The Hall–Kier alpha value is -2.75. The largest absolute Gasteiger partial charge is 0.479 e. The van der Waals surface area contributed by atoms with Crippen molar-refractivity contribution < 1.29 is 4.74 Å². The summed E-state index contributed by atoms with van der Waals surface area (Å²) < 4.78 is 5.38. The van der Waals surface area contributed by atoms with E-state index in [4.69, 9.17) is 4.74 Å². The van der Waals surface area contributed by atoms with Crippen molar-refractivity contribution in [2.75, 3.05) is 7.11 Å².